The zero-order valence-corrected chi connectivity index (χ0v) is 8.60. The Morgan fingerprint density at radius 1 is 1.71 bits per heavy atom. The molecule has 1 heterocycles. The van der Waals surface area contributed by atoms with E-state index in [0.29, 0.717) is 0 Å². The number of aryl methyl sites for hydroxylation is 1. The summed E-state index contributed by atoms with van der Waals surface area (Å²) in [5.74, 6) is -0.202. The van der Waals surface area contributed by atoms with E-state index in [-0.39, 0.29) is 17.3 Å². The van der Waals surface area contributed by atoms with Gasteiger partial charge in [-0.3, -0.25) is 9.78 Å². The number of thiocarbonyl (C=S) groups is 1. The summed E-state index contributed by atoms with van der Waals surface area (Å²) < 4.78 is 0. The summed E-state index contributed by atoms with van der Waals surface area (Å²) in [5, 5.41) is 2.70. The molecule has 1 aromatic heterocycles. The molecule has 0 saturated carbocycles. The highest BCUT2D eigenvalue weighted by molar-refractivity contribution is 7.80. The number of carbonyl (C=O) groups excluding carboxylic acids is 1. The Morgan fingerprint density at radius 2 is 2.43 bits per heavy atom. The van der Waals surface area contributed by atoms with Gasteiger partial charge in [0.2, 0.25) is 5.91 Å². The number of anilines is 1. The molecule has 5 heteroatoms. The number of aromatic nitrogens is 1. The van der Waals surface area contributed by atoms with Crippen LogP contribution in [-0.4, -0.2) is 15.9 Å². The van der Waals surface area contributed by atoms with E-state index in [1.54, 1.807) is 18.5 Å². The van der Waals surface area contributed by atoms with E-state index in [9.17, 15) is 4.79 Å². The van der Waals surface area contributed by atoms with Crippen LogP contribution in [0.3, 0.4) is 0 Å². The topological polar surface area (TPSA) is 68.0 Å². The second kappa shape index (κ2) is 4.66. The first kappa shape index (κ1) is 10.6. The molecule has 4 nitrogen and oxygen atoms in total. The van der Waals surface area contributed by atoms with Gasteiger partial charge in [-0.1, -0.05) is 12.2 Å². The maximum atomic E-state index is 11.3. The standard InChI is InChI=1S/C9H11N3OS/c1-6-5-11-3-2-7(6)12-9(13)4-8(10)14/h2-3,5H,4H2,1H3,(H2,10,14)(H,11,12,13). The summed E-state index contributed by atoms with van der Waals surface area (Å²) >= 11 is 4.63. The average Bonchev–Trinajstić information content (AvgIpc) is 2.07. The molecule has 1 aromatic rings. The van der Waals surface area contributed by atoms with Gasteiger partial charge in [-0.2, -0.15) is 0 Å². The predicted molar refractivity (Wildman–Crippen MR) is 59.0 cm³/mol. The second-order valence-electron chi connectivity index (χ2n) is 2.88. The quantitative estimate of drug-likeness (QED) is 0.729. The summed E-state index contributed by atoms with van der Waals surface area (Å²) in [5.41, 5.74) is 6.89. The molecule has 0 aliphatic rings. The number of hydrogen-bond donors (Lipinski definition) is 2. The number of nitrogens with two attached hydrogens (primary N) is 1. The highest BCUT2D eigenvalue weighted by Gasteiger charge is 2.04. The normalized spacial score (nSPS) is 9.50. The van der Waals surface area contributed by atoms with E-state index in [1.807, 2.05) is 6.92 Å². The molecule has 74 valence electrons. The van der Waals surface area contributed by atoms with Crippen LogP contribution in [0.5, 0.6) is 0 Å². The van der Waals surface area contributed by atoms with Crippen LogP contribution in [0.15, 0.2) is 18.5 Å². The van der Waals surface area contributed by atoms with Crippen LogP contribution in [0.25, 0.3) is 0 Å². The van der Waals surface area contributed by atoms with E-state index in [4.69, 9.17) is 5.73 Å². The van der Waals surface area contributed by atoms with Crippen molar-refractivity contribution in [3.8, 4) is 0 Å². The lowest BCUT2D eigenvalue weighted by molar-refractivity contribution is -0.115. The maximum absolute atomic E-state index is 11.3. The van der Waals surface area contributed by atoms with Crippen molar-refractivity contribution >= 4 is 28.8 Å². The molecule has 0 bridgehead atoms. The Labute approximate surface area is 87.5 Å². The van der Waals surface area contributed by atoms with Gasteiger partial charge in [0.15, 0.2) is 0 Å². The van der Waals surface area contributed by atoms with Gasteiger partial charge in [-0.15, -0.1) is 0 Å². The average molecular weight is 209 g/mol. The summed E-state index contributed by atoms with van der Waals surface area (Å²) in [6.07, 6.45) is 3.36. The number of hydrogen-bond acceptors (Lipinski definition) is 3. The molecule has 0 fully saturated rings. The Hall–Kier alpha value is -1.49. The van der Waals surface area contributed by atoms with Crippen LogP contribution in [0.4, 0.5) is 5.69 Å². The van der Waals surface area contributed by atoms with Gasteiger partial charge in [-0.25, -0.2) is 0 Å². The van der Waals surface area contributed by atoms with E-state index in [1.165, 1.54) is 0 Å². The summed E-state index contributed by atoms with van der Waals surface area (Å²) in [4.78, 5) is 15.4. The third kappa shape index (κ3) is 3.10. The molecule has 0 spiro atoms. The SMILES string of the molecule is Cc1cnccc1NC(=O)CC(N)=S. The lowest BCUT2D eigenvalue weighted by atomic mass is 10.2. The molecule has 0 aliphatic carbocycles. The fourth-order valence-corrected chi connectivity index (χ4v) is 1.10. The molecule has 1 rings (SSSR count). The molecule has 0 aliphatic heterocycles. The molecular formula is C9H11N3OS. The summed E-state index contributed by atoms with van der Waals surface area (Å²) in [6, 6.07) is 1.73. The monoisotopic (exact) mass is 209 g/mol. The number of rotatable bonds is 3. The van der Waals surface area contributed by atoms with Gasteiger partial charge in [-0.05, 0) is 18.6 Å². The number of nitrogens with one attached hydrogen (secondary N) is 1. The first-order chi connectivity index (χ1) is 6.59. The van der Waals surface area contributed by atoms with Crippen molar-refractivity contribution in [2.75, 3.05) is 5.32 Å². The highest BCUT2D eigenvalue weighted by Crippen LogP contribution is 2.11. The molecule has 0 atom stereocenters. The molecule has 0 aromatic carbocycles. The van der Waals surface area contributed by atoms with Crippen molar-refractivity contribution < 1.29 is 4.79 Å². The van der Waals surface area contributed by atoms with Gasteiger partial charge in [0.05, 0.1) is 11.4 Å². The van der Waals surface area contributed by atoms with Gasteiger partial charge >= 0.3 is 0 Å². The largest absolute Gasteiger partial charge is 0.393 e. The molecule has 0 radical (unpaired) electrons. The van der Waals surface area contributed by atoms with E-state index < -0.39 is 0 Å². The molecule has 0 unspecified atom stereocenters. The third-order valence-electron chi connectivity index (χ3n) is 1.63. The Bertz CT molecular complexity index is 365. The third-order valence-corrected chi connectivity index (χ3v) is 1.77. The number of nitrogens with zero attached hydrogens (tertiary/aromatic N) is 1. The maximum Gasteiger partial charge on any atom is 0.231 e. The Morgan fingerprint density at radius 3 is 3.00 bits per heavy atom. The summed E-state index contributed by atoms with van der Waals surface area (Å²) in [6.45, 7) is 1.86. The minimum absolute atomic E-state index is 0.0666. The van der Waals surface area contributed by atoms with Crippen LogP contribution in [0, 0.1) is 6.92 Å². The van der Waals surface area contributed by atoms with Crippen molar-refractivity contribution in [3.63, 3.8) is 0 Å². The number of pyridine rings is 1. The van der Waals surface area contributed by atoms with Crippen LogP contribution >= 0.6 is 12.2 Å². The minimum Gasteiger partial charge on any atom is -0.393 e. The molecule has 3 N–H and O–H groups in total. The van der Waals surface area contributed by atoms with Crippen molar-refractivity contribution in [2.24, 2.45) is 5.73 Å². The first-order valence-corrected chi connectivity index (χ1v) is 4.49. The van der Waals surface area contributed by atoms with Crippen molar-refractivity contribution in [2.45, 2.75) is 13.3 Å². The van der Waals surface area contributed by atoms with E-state index >= 15 is 0 Å². The first-order valence-electron chi connectivity index (χ1n) is 4.08. The number of carbonyl (C=O) groups is 1. The highest BCUT2D eigenvalue weighted by atomic mass is 32.1. The van der Waals surface area contributed by atoms with Gasteiger partial charge in [0.25, 0.3) is 0 Å². The van der Waals surface area contributed by atoms with Crippen LogP contribution in [0.2, 0.25) is 0 Å². The van der Waals surface area contributed by atoms with E-state index in [2.05, 4.69) is 22.5 Å². The second-order valence-corrected chi connectivity index (χ2v) is 3.41. The Kier molecular flexibility index (Phi) is 3.53. The van der Waals surface area contributed by atoms with Crippen LogP contribution < -0.4 is 11.1 Å². The summed E-state index contributed by atoms with van der Waals surface area (Å²) in [7, 11) is 0. The predicted octanol–water partition coefficient (Wildman–Crippen LogP) is 1.00. The fraction of sp³-hybridized carbons (Fsp3) is 0.222. The smallest absolute Gasteiger partial charge is 0.231 e. The lowest BCUT2D eigenvalue weighted by Gasteiger charge is -2.06. The Balaban J connectivity index is 2.65. The lowest BCUT2D eigenvalue weighted by Crippen LogP contribution is -2.20. The van der Waals surface area contributed by atoms with Crippen LogP contribution in [0.1, 0.15) is 12.0 Å². The molecule has 1 amide bonds. The van der Waals surface area contributed by atoms with Crippen LogP contribution in [-0.2, 0) is 4.79 Å². The number of amides is 1. The zero-order chi connectivity index (χ0) is 10.6. The van der Waals surface area contributed by atoms with Crippen molar-refractivity contribution in [1.82, 2.24) is 4.98 Å². The molecule has 14 heavy (non-hydrogen) atoms. The van der Waals surface area contributed by atoms with Crippen molar-refractivity contribution in [1.29, 1.82) is 0 Å². The van der Waals surface area contributed by atoms with Gasteiger partial charge < -0.3 is 11.1 Å². The molecular weight excluding hydrogens is 198 g/mol. The molecule has 0 saturated heterocycles. The van der Waals surface area contributed by atoms with Gasteiger partial charge in [0.1, 0.15) is 0 Å². The minimum atomic E-state index is -0.202. The van der Waals surface area contributed by atoms with E-state index in [0.717, 1.165) is 11.3 Å². The van der Waals surface area contributed by atoms with Gasteiger partial charge in [0, 0.05) is 18.1 Å². The van der Waals surface area contributed by atoms with Crippen molar-refractivity contribution in [3.05, 3.63) is 24.0 Å². The zero-order valence-electron chi connectivity index (χ0n) is 7.78. The fourth-order valence-electron chi connectivity index (χ4n) is 0.966.